The molecule has 0 bridgehead atoms. The lowest BCUT2D eigenvalue weighted by Gasteiger charge is -2.27. The van der Waals surface area contributed by atoms with E-state index >= 15 is 0 Å². The maximum atomic E-state index is 11.5. The summed E-state index contributed by atoms with van der Waals surface area (Å²) >= 11 is 0. The number of carbonyl (C=O) groups excluding carboxylic acids is 3. The van der Waals surface area contributed by atoms with Crippen molar-refractivity contribution in [1.29, 1.82) is 0 Å². The van der Waals surface area contributed by atoms with Gasteiger partial charge in [0.05, 0.1) is 0 Å². The summed E-state index contributed by atoms with van der Waals surface area (Å²) in [5.74, 6) is -1.35. The number of imide groups is 2. The normalized spacial score (nSPS) is 23.0. The number of hydrogen-bond donors (Lipinski definition) is 1. The van der Waals surface area contributed by atoms with Gasteiger partial charge in [-0.2, -0.15) is 0 Å². The number of barbiturate groups is 1. The zero-order valence-corrected chi connectivity index (χ0v) is 8.53. The molecule has 1 aliphatic heterocycles. The predicted molar refractivity (Wildman–Crippen MR) is 49.3 cm³/mol. The minimum atomic E-state index is -0.710. The molecule has 1 heterocycles. The third kappa shape index (κ3) is 1.92. The Morgan fingerprint density at radius 3 is 2.43 bits per heavy atom. The van der Waals surface area contributed by atoms with E-state index in [0.29, 0.717) is 6.42 Å². The van der Waals surface area contributed by atoms with Gasteiger partial charge in [0.15, 0.2) is 0 Å². The van der Waals surface area contributed by atoms with E-state index in [1.165, 1.54) is 7.05 Å². The fraction of sp³-hybridized carbons (Fsp3) is 0.667. The van der Waals surface area contributed by atoms with Gasteiger partial charge in [0, 0.05) is 7.05 Å². The van der Waals surface area contributed by atoms with E-state index in [-0.39, 0.29) is 5.92 Å². The molecular weight excluding hydrogens is 184 g/mol. The van der Waals surface area contributed by atoms with Crippen molar-refractivity contribution in [2.24, 2.45) is 11.8 Å². The lowest BCUT2D eigenvalue weighted by Crippen LogP contribution is -2.56. The van der Waals surface area contributed by atoms with Crippen molar-refractivity contribution in [3.05, 3.63) is 0 Å². The average Bonchev–Trinajstić information content (AvgIpc) is 2.09. The largest absolute Gasteiger partial charge is 0.330 e. The summed E-state index contributed by atoms with van der Waals surface area (Å²) in [6.07, 6.45) is 0.474. The van der Waals surface area contributed by atoms with Gasteiger partial charge >= 0.3 is 6.03 Å². The number of amides is 4. The molecule has 0 radical (unpaired) electrons. The minimum Gasteiger partial charge on any atom is -0.277 e. The van der Waals surface area contributed by atoms with Crippen LogP contribution in [0.15, 0.2) is 0 Å². The van der Waals surface area contributed by atoms with Crippen molar-refractivity contribution in [1.82, 2.24) is 10.2 Å². The van der Waals surface area contributed by atoms with Gasteiger partial charge in [-0.25, -0.2) is 4.79 Å². The molecule has 1 aliphatic rings. The van der Waals surface area contributed by atoms with Crippen LogP contribution >= 0.6 is 0 Å². The van der Waals surface area contributed by atoms with E-state index in [0.717, 1.165) is 4.90 Å². The Labute approximate surface area is 82.4 Å². The number of nitrogens with zero attached hydrogens (tertiary/aromatic N) is 1. The van der Waals surface area contributed by atoms with Gasteiger partial charge in [-0.15, -0.1) is 0 Å². The van der Waals surface area contributed by atoms with Crippen LogP contribution in [-0.4, -0.2) is 29.8 Å². The molecule has 5 nitrogen and oxygen atoms in total. The minimum absolute atomic E-state index is 0.247. The van der Waals surface area contributed by atoms with E-state index < -0.39 is 23.8 Å². The summed E-state index contributed by atoms with van der Waals surface area (Å²) in [5.41, 5.74) is 0. The molecule has 0 aromatic carbocycles. The smallest absolute Gasteiger partial charge is 0.277 e. The first-order valence-corrected chi connectivity index (χ1v) is 4.56. The Kier molecular flexibility index (Phi) is 2.88. The highest BCUT2D eigenvalue weighted by atomic mass is 16.2. The molecule has 1 saturated heterocycles. The number of nitrogens with one attached hydrogen (secondary N) is 1. The van der Waals surface area contributed by atoms with Crippen LogP contribution in [0.3, 0.4) is 0 Å². The first kappa shape index (κ1) is 10.7. The van der Waals surface area contributed by atoms with Crippen molar-refractivity contribution in [3.63, 3.8) is 0 Å². The topological polar surface area (TPSA) is 66.5 Å². The second-order valence-electron chi connectivity index (χ2n) is 3.87. The van der Waals surface area contributed by atoms with Crippen LogP contribution in [0.1, 0.15) is 20.3 Å². The van der Waals surface area contributed by atoms with E-state index in [4.69, 9.17) is 0 Å². The van der Waals surface area contributed by atoms with Crippen molar-refractivity contribution >= 4 is 17.8 Å². The van der Waals surface area contributed by atoms with E-state index in [2.05, 4.69) is 5.32 Å². The molecule has 0 aromatic heterocycles. The van der Waals surface area contributed by atoms with Crippen molar-refractivity contribution in [3.8, 4) is 0 Å². The van der Waals surface area contributed by atoms with Crippen LogP contribution < -0.4 is 5.32 Å². The molecule has 0 aromatic rings. The number of urea groups is 1. The standard InChI is InChI=1S/C9H14N2O3/c1-5(2)4-6-7(12)10-9(14)11(3)8(6)13/h5-6H,4H2,1-3H3,(H,10,12,14). The van der Waals surface area contributed by atoms with Crippen LogP contribution in [-0.2, 0) is 9.59 Å². The third-order valence-corrected chi connectivity index (χ3v) is 2.19. The Morgan fingerprint density at radius 2 is 1.93 bits per heavy atom. The van der Waals surface area contributed by atoms with Crippen molar-refractivity contribution in [2.75, 3.05) is 7.05 Å². The summed E-state index contributed by atoms with van der Waals surface area (Å²) in [4.78, 5) is 34.8. The average molecular weight is 198 g/mol. The molecule has 78 valence electrons. The fourth-order valence-corrected chi connectivity index (χ4v) is 1.40. The number of carbonyl (C=O) groups is 3. The molecule has 5 heteroatoms. The molecule has 4 amide bonds. The summed E-state index contributed by atoms with van der Waals surface area (Å²) in [5, 5.41) is 2.14. The Bertz CT molecular complexity index is 286. The maximum absolute atomic E-state index is 11.5. The Hall–Kier alpha value is -1.39. The van der Waals surface area contributed by atoms with Gasteiger partial charge < -0.3 is 0 Å². The van der Waals surface area contributed by atoms with Gasteiger partial charge in [-0.3, -0.25) is 19.8 Å². The van der Waals surface area contributed by atoms with Crippen LogP contribution in [0.5, 0.6) is 0 Å². The summed E-state index contributed by atoms with van der Waals surface area (Å²) in [6.45, 7) is 3.86. The van der Waals surface area contributed by atoms with Gasteiger partial charge in [0.1, 0.15) is 5.92 Å². The van der Waals surface area contributed by atoms with E-state index in [1.807, 2.05) is 13.8 Å². The third-order valence-electron chi connectivity index (χ3n) is 2.19. The highest BCUT2D eigenvalue weighted by molar-refractivity contribution is 6.15. The Morgan fingerprint density at radius 1 is 1.36 bits per heavy atom. The summed E-state index contributed by atoms with van der Waals surface area (Å²) < 4.78 is 0. The molecule has 0 saturated carbocycles. The first-order valence-electron chi connectivity index (χ1n) is 4.56. The zero-order chi connectivity index (χ0) is 10.9. The Balaban J connectivity index is 2.79. The number of rotatable bonds is 2. The van der Waals surface area contributed by atoms with Crippen LogP contribution in [0.4, 0.5) is 4.79 Å². The summed E-state index contributed by atoms with van der Waals surface area (Å²) in [7, 11) is 1.37. The second kappa shape index (κ2) is 3.77. The SMILES string of the molecule is CC(C)CC1C(=O)NC(=O)N(C)C1=O. The molecule has 1 fully saturated rings. The molecule has 1 atom stereocenters. The van der Waals surface area contributed by atoms with Crippen molar-refractivity contribution < 1.29 is 14.4 Å². The molecule has 1 N–H and O–H groups in total. The zero-order valence-electron chi connectivity index (χ0n) is 8.53. The number of hydrogen-bond acceptors (Lipinski definition) is 3. The lowest BCUT2D eigenvalue weighted by molar-refractivity contribution is -0.142. The van der Waals surface area contributed by atoms with Crippen LogP contribution in [0.2, 0.25) is 0 Å². The predicted octanol–water partition coefficient (Wildman–Crippen LogP) is 0.357. The molecular formula is C9H14N2O3. The summed E-state index contributed by atoms with van der Waals surface area (Å²) in [6, 6.07) is -0.639. The van der Waals surface area contributed by atoms with Crippen LogP contribution in [0, 0.1) is 11.8 Å². The van der Waals surface area contributed by atoms with E-state index in [1.54, 1.807) is 0 Å². The molecule has 0 aliphatic carbocycles. The van der Waals surface area contributed by atoms with Gasteiger partial charge in [0.25, 0.3) is 0 Å². The highest BCUT2D eigenvalue weighted by Crippen LogP contribution is 2.17. The molecule has 0 spiro atoms. The first-order chi connectivity index (χ1) is 6.43. The molecule has 14 heavy (non-hydrogen) atoms. The van der Waals surface area contributed by atoms with E-state index in [9.17, 15) is 14.4 Å². The van der Waals surface area contributed by atoms with Gasteiger partial charge in [-0.05, 0) is 12.3 Å². The molecule has 1 unspecified atom stereocenters. The van der Waals surface area contributed by atoms with Crippen LogP contribution in [0.25, 0.3) is 0 Å². The monoisotopic (exact) mass is 198 g/mol. The van der Waals surface area contributed by atoms with Gasteiger partial charge in [-0.1, -0.05) is 13.8 Å². The second-order valence-corrected chi connectivity index (χ2v) is 3.87. The lowest BCUT2D eigenvalue weighted by atomic mass is 9.94. The maximum Gasteiger partial charge on any atom is 0.330 e. The van der Waals surface area contributed by atoms with Crippen molar-refractivity contribution in [2.45, 2.75) is 20.3 Å². The highest BCUT2D eigenvalue weighted by Gasteiger charge is 2.38. The quantitative estimate of drug-likeness (QED) is 0.651. The molecule has 1 rings (SSSR count). The van der Waals surface area contributed by atoms with Gasteiger partial charge in [0.2, 0.25) is 11.8 Å². The fourth-order valence-electron chi connectivity index (χ4n) is 1.40.